The molecule has 1 aliphatic heterocycles. The molecule has 1 fully saturated rings. The van der Waals surface area contributed by atoms with Crippen LogP contribution < -0.4 is 0 Å². The minimum atomic E-state index is -0.389. The SMILES string of the molecule is CC/C=C/[C@H](CC)C/C=C/[C@]1(CC)C[C@@H](CC)[C@H](CC(=O)OC)OO1. The van der Waals surface area contributed by atoms with Crippen LogP contribution in [-0.2, 0) is 19.3 Å². The maximum Gasteiger partial charge on any atom is 0.308 e. The minimum absolute atomic E-state index is 0.221. The monoisotopic (exact) mass is 352 g/mol. The number of allylic oxidation sites excluding steroid dienone is 3. The van der Waals surface area contributed by atoms with Gasteiger partial charge in [-0.25, -0.2) is 9.78 Å². The summed E-state index contributed by atoms with van der Waals surface area (Å²) >= 11 is 0. The van der Waals surface area contributed by atoms with Gasteiger partial charge in [-0.3, -0.25) is 4.79 Å². The van der Waals surface area contributed by atoms with E-state index in [0.29, 0.717) is 11.8 Å². The van der Waals surface area contributed by atoms with Crippen molar-refractivity contribution < 1.29 is 19.3 Å². The van der Waals surface area contributed by atoms with E-state index < -0.39 is 0 Å². The Morgan fingerprint density at radius 2 is 2.04 bits per heavy atom. The summed E-state index contributed by atoms with van der Waals surface area (Å²) in [5, 5.41) is 0. The quantitative estimate of drug-likeness (QED) is 0.301. The number of methoxy groups -OCH3 is 1. The molecule has 0 aromatic carbocycles. The summed E-state index contributed by atoms with van der Waals surface area (Å²) in [7, 11) is 1.41. The second kappa shape index (κ2) is 11.5. The Hall–Kier alpha value is -1.13. The van der Waals surface area contributed by atoms with Crippen LogP contribution in [0, 0.1) is 11.8 Å². The Morgan fingerprint density at radius 3 is 2.60 bits per heavy atom. The van der Waals surface area contributed by atoms with Gasteiger partial charge in [-0.1, -0.05) is 58.4 Å². The third-order valence-corrected chi connectivity index (χ3v) is 5.22. The lowest BCUT2D eigenvalue weighted by atomic mass is 9.81. The molecule has 0 aromatic rings. The van der Waals surface area contributed by atoms with E-state index in [-0.39, 0.29) is 24.1 Å². The summed E-state index contributed by atoms with van der Waals surface area (Å²) < 4.78 is 4.76. The molecule has 0 spiro atoms. The maximum absolute atomic E-state index is 11.6. The molecule has 0 aliphatic carbocycles. The van der Waals surface area contributed by atoms with Crippen molar-refractivity contribution in [3.8, 4) is 0 Å². The molecule has 4 nitrogen and oxygen atoms in total. The fourth-order valence-corrected chi connectivity index (χ4v) is 3.29. The van der Waals surface area contributed by atoms with Crippen LogP contribution in [0.1, 0.15) is 72.6 Å². The number of hydrogen-bond donors (Lipinski definition) is 0. The van der Waals surface area contributed by atoms with Gasteiger partial charge in [0.2, 0.25) is 0 Å². The second-order valence-electron chi connectivity index (χ2n) is 6.93. The van der Waals surface area contributed by atoms with E-state index in [0.717, 1.165) is 38.5 Å². The zero-order valence-electron chi connectivity index (χ0n) is 16.6. The maximum atomic E-state index is 11.6. The third-order valence-electron chi connectivity index (χ3n) is 5.22. The van der Waals surface area contributed by atoms with Crippen LogP contribution in [0.15, 0.2) is 24.3 Å². The first kappa shape index (κ1) is 21.9. The standard InChI is InChI=1S/C21H36O4/c1-6-10-12-17(7-2)13-11-14-21(9-4)16-18(8-3)19(24-25-21)15-20(22)23-5/h10-12,14,17-19H,6-9,13,15-16H2,1-5H3/b12-10+,14-11+/t17-,18+,19-,21+/m0/s1. The van der Waals surface area contributed by atoms with E-state index in [2.05, 4.69) is 52.0 Å². The van der Waals surface area contributed by atoms with Gasteiger partial charge in [-0.2, -0.15) is 0 Å². The minimum Gasteiger partial charge on any atom is -0.469 e. The molecule has 4 atom stereocenters. The first-order valence-electron chi connectivity index (χ1n) is 9.79. The predicted octanol–water partition coefficient (Wildman–Crippen LogP) is 5.38. The van der Waals surface area contributed by atoms with Crippen molar-refractivity contribution in [1.29, 1.82) is 0 Å². The van der Waals surface area contributed by atoms with Crippen LogP contribution >= 0.6 is 0 Å². The first-order chi connectivity index (χ1) is 12.0. The Bertz CT molecular complexity index is 443. The fourth-order valence-electron chi connectivity index (χ4n) is 3.29. The normalized spacial score (nSPS) is 28.5. The van der Waals surface area contributed by atoms with Gasteiger partial charge in [0.25, 0.3) is 0 Å². The van der Waals surface area contributed by atoms with Crippen LogP contribution in [-0.4, -0.2) is 24.8 Å². The lowest BCUT2D eigenvalue weighted by Gasteiger charge is -2.41. The van der Waals surface area contributed by atoms with E-state index >= 15 is 0 Å². The van der Waals surface area contributed by atoms with Gasteiger partial charge in [0.1, 0.15) is 11.7 Å². The average Bonchev–Trinajstić information content (AvgIpc) is 2.65. The molecule has 0 N–H and O–H groups in total. The van der Waals surface area contributed by atoms with Crippen LogP contribution in [0.2, 0.25) is 0 Å². The zero-order valence-corrected chi connectivity index (χ0v) is 16.6. The van der Waals surface area contributed by atoms with Gasteiger partial charge in [0.05, 0.1) is 13.5 Å². The van der Waals surface area contributed by atoms with E-state index in [1.54, 1.807) is 0 Å². The lowest BCUT2D eigenvalue weighted by Crippen LogP contribution is -2.44. The van der Waals surface area contributed by atoms with Gasteiger partial charge in [0.15, 0.2) is 0 Å². The largest absolute Gasteiger partial charge is 0.469 e. The van der Waals surface area contributed by atoms with Gasteiger partial charge < -0.3 is 4.74 Å². The Balaban J connectivity index is 2.71. The molecule has 1 heterocycles. The van der Waals surface area contributed by atoms with Crippen molar-refractivity contribution in [1.82, 2.24) is 0 Å². The Morgan fingerprint density at radius 1 is 1.28 bits per heavy atom. The first-order valence-corrected chi connectivity index (χ1v) is 9.79. The number of ether oxygens (including phenoxy) is 1. The summed E-state index contributed by atoms with van der Waals surface area (Å²) in [5.41, 5.74) is -0.389. The second-order valence-corrected chi connectivity index (χ2v) is 6.93. The van der Waals surface area contributed by atoms with E-state index in [1.807, 2.05) is 0 Å². The molecule has 1 rings (SSSR count). The van der Waals surface area contributed by atoms with Gasteiger partial charge in [0, 0.05) is 0 Å². The summed E-state index contributed by atoms with van der Waals surface area (Å²) in [6, 6.07) is 0. The summed E-state index contributed by atoms with van der Waals surface area (Å²) in [6.07, 6.45) is 14.9. The summed E-state index contributed by atoms with van der Waals surface area (Å²) in [6.45, 7) is 8.64. The third kappa shape index (κ3) is 6.95. The van der Waals surface area contributed by atoms with Crippen molar-refractivity contribution in [2.45, 2.75) is 84.3 Å². The van der Waals surface area contributed by atoms with Crippen molar-refractivity contribution >= 4 is 5.97 Å². The molecule has 0 radical (unpaired) electrons. The smallest absolute Gasteiger partial charge is 0.308 e. The van der Waals surface area contributed by atoms with E-state index in [4.69, 9.17) is 14.5 Å². The molecule has 25 heavy (non-hydrogen) atoms. The molecule has 4 heteroatoms. The van der Waals surface area contributed by atoms with Crippen LogP contribution in [0.25, 0.3) is 0 Å². The summed E-state index contributed by atoms with van der Waals surface area (Å²) in [4.78, 5) is 23.0. The van der Waals surface area contributed by atoms with Gasteiger partial charge in [-0.05, 0) is 43.9 Å². The zero-order chi connectivity index (χ0) is 18.7. The molecular formula is C21H36O4. The number of esters is 1. The number of rotatable bonds is 10. The molecule has 0 unspecified atom stereocenters. The fraction of sp³-hybridized carbons (Fsp3) is 0.762. The molecule has 144 valence electrons. The molecule has 0 amide bonds. The van der Waals surface area contributed by atoms with Gasteiger partial charge >= 0.3 is 5.97 Å². The molecule has 0 saturated carbocycles. The van der Waals surface area contributed by atoms with Crippen LogP contribution in [0.3, 0.4) is 0 Å². The Labute approximate surface area is 153 Å². The van der Waals surface area contributed by atoms with Crippen molar-refractivity contribution in [3.05, 3.63) is 24.3 Å². The molecule has 0 aromatic heterocycles. The van der Waals surface area contributed by atoms with Crippen LogP contribution in [0.4, 0.5) is 0 Å². The van der Waals surface area contributed by atoms with Gasteiger partial charge in [-0.15, -0.1) is 0 Å². The molecule has 0 bridgehead atoms. The topological polar surface area (TPSA) is 44.8 Å². The number of carbonyl (C=O) groups is 1. The van der Waals surface area contributed by atoms with Crippen molar-refractivity contribution in [2.24, 2.45) is 11.8 Å². The highest BCUT2D eigenvalue weighted by Gasteiger charge is 2.41. The molecule has 1 saturated heterocycles. The highest BCUT2D eigenvalue weighted by molar-refractivity contribution is 5.69. The van der Waals surface area contributed by atoms with E-state index in [9.17, 15) is 4.79 Å². The summed E-state index contributed by atoms with van der Waals surface area (Å²) in [5.74, 6) is 0.614. The van der Waals surface area contributed by atoms with E-state index in [1.165, 1.54) is 7.11 Å². The Kier molecular flexibility index (Phi) is 10.1. The highest BCUT2D eigenvalue weighted by Crippen LogP contribution is 2.38. The molecular weight excluding hydrogens is 316 g/mol. The lowest BCUT2D eigenvalue weighted by molar-refractivity contribution is -0.409. The molecule has 1 aliphatic rings. The average molecular weight is 353 g/mol. The highest BCUT2D eigenvalue weighted by atomic mass is 17.2. The van der Waals surface area contributed by atoms with Crippen molar-refractivity contribution in [2.75, 3.05) is 7.11 Å². The van der Waals surface area contributed by atoms with Crippen molar-refractivity contribution in [3.63, 3.8) is 0 Å². The number of carbonyl (C=O) groups excluding carboxylic acids is 1. The predicted molar refractivity (Wildman–Crippen MR) is 101 cm³/mol. The number of hydrogen-bond acceptors (Lipinski definition) is 4. The van der Waals surface area contributed by atoms with Crippen LogP contribution in [0.5, 0.6) is 0 Å².